The molecule has 36 heavy (non-hydrogen) atoms. The fourth-order valence-corrected chi connectivity index (χ4v) is 3.62. The van der Waals surface area contributed by atoms with Crippen LogP contribution in [0.4, 0.5) is 4.39 Å². The Morgan fingerprint density at radius 1 is 0.694 bits per heavy atom. The zero-order valence-corrected chi connectivity index (χ0v) is 18.9. The summed E-state index contributed by atoms with van der Waals surface area (Å²) in [5.74, 6) is -2.49. The number of carbonyl (C=O) groups excluding carboxylic acids is 3. The Bertz CT molecular complexity index is 1170. The van der Waals surface area contributed by atoms with Crippen molar-refractivity contribution in [1.29, 1.82) is 0 Å². The van der Waals surface area contributed by atoms with E-state index in [4.69, 9.17) is 18.9 Å². The molecular formula is C27H23FO8. The van der Waals surface area contributed by atoms with Gasteiger partial charge < -0.3 is 24.1 Å². The first-order valence-corrected chi connectivity index (χ1v) is 11.2. The molecule has 1 saturated heterocycles. The SMILES string of the molecule is O=C(OC[C@H]1O[C@@H](O)[C@H](OC(=O)c2ccccc2)[C@@H](OC(=O)c2ccccc2)[C@@H]1F)c1ccccc1. The molecule has 9 heteroatoms. The molecule has 8 nitrogen and oxygen atoms in total. The third-order valence-electron chi connectivity index (χ3n) is 5.48. The molecule has 4 rings (SSSR count). The van der Waals surface area contributed by atoms with Crippen LogP contribution in [-0.4, -0.2) is 60.4 Å². The van der Waals surface area contributed by atoms with Crippen LogP contribution < -0.4 is 0 Å². The smallest absolute Gasteiger partial charge is 0.338 e. The lowest BCUT2D eigenvalue weighted by atomic mass is 9.99. The predicted molar refractivity (Wildman–Crippen MR) is 124 cm³/mol. The van der Waals surface area contributed by atoms with E-state index >= 15 is 4.39 Å². The van der Waals surface area contributed by atoms with Crippen LogP contribution in [0, 0.1) is 0 Å². The zero-order valence-electron chi connectivity index (χ0n) is 18.9. The average molecular weight is 494 g/mol. The fourth-order valence-electron chi connectivity index (χ4n) is 3.62. The third kappa shape index (κ3) is 5.94. The summed E-state index contributed by atoms with van der Waals surface area (Å²) >= 11 is 0. The van der Waals surface area contributed by atoms with Crippen molar-refractivity contribution in [2.75, 3.05) is 6.61 Å². The van der Waals surface area contributed by atoms with Crippen LogP contribution in [0.5, 0.6) is 0 Å². The molecule has 1 heterocycles. The van der Waals surface area contributed by atoms with Gasteiger partial charge in [0.15, 0.2) is 24.7 Å². The van der Waals surface area contributed by atoms with Gasteiger partial charge in [-0.1, -0.05) is 54.6 Å². The molecule has 3 aromatic carbocycles. The number of aliphatic hydroxyl groups excluding tert-OH is 1. The molecule has 1 N–H and O–H groups in total. The first-order chi connectivity index (χ1) is 17.4. The number of carbonyl (C=O) groups is 3. The molecule has 186 valence electrons. The second-order valence-electron chi connectivity index (χ2n) is 7.95. The molecule has 0 aromatic heterocycles. The van der Waals surface area contributed by atoms with E-state index in [1.54, 1.807) is 54.6 Å². The standard InChI is InChI=1S/C27H23FO8/c28-21-20(16-33-24(29)17-10-4-1-5-11-17)34-27(32)23(36-26(31)19-14-8-3-9-15-19)22(21)35-25(30)18-12-6-2-7-13-18/h1-15,20-23,27,32H,16H2/t20-,21-,22+,23-,27-/m1/s1. The lowest BCUT2D eigenvalue weighted by molar-refractivity contribution is -0.273. The first-order valence-electron chi connectivity index (χ1n) is 11.2. The predicted octanol–water partition coefficient (Wildman–Crippen LogP) is 3.35. The van der Waals surface area contributed by atoms with Gasteiger partial charge in [0.05, 0.1) is 16.7 Å². The summed E-state index contributed by atoms with van der Waals surface area (Å²) in [7, 11) is 0. The van der Waals surface area contributed by atoms with E-state index in [1.807, 2.05) is 0 Å². The van der Waals surface area contributed by atoms with Gasteiger partial charge in [-0.3, -0.25) is 0 Å². The molecule has 3 aromatic rings. The van der Waals surface area contributed by atoms with Gasteiger partial charge in [-0.05, 0) is 36.4 Å². The minimum absolute atomic E-state index is 0.130. The largest absolute Gasteiger partial charge is 0.459 e. The second kappa shape index (κ2) is 11.6. The van der Waals surface area contributed by atoms with Crippen molar-refractivity contribution in [2.45, 2.75) is 30.8 Å². The van der Waals surface area contributed by atoms with Gasteiger partial charge in [-0.25, -0.2) is 18.8 Å². The van der Waals surface area contributed by atoms with Crippen LogP contribution >= 0.6 is 0 Å². The molecule has 0 unspecified atom stereocenters. The van der Waals surface area contributed by atoms with E-state index in [-0.39, 0.29) is 16.7 Å². The molecule has 0 bridgehead atoms. The number of hydrogen-bond donors (Lipinski definition) is 1. The summed E-state index contributed by atoms with van der Waals surface area (Å²) in [4.78, 5) is 37.6. The molecular weight excluding hydrogens is 471 g/mol. The topological polar surface area (TPSA) is 108 Å². The molecule has 0 radical (unpaired) electrons. The van der Waals surface area contributed by atoms with Gasteiger partial charge in [0, 0.05) is 0 Å². The van der Waals surface area contributed by atoms with Crippen molar-refractivity contribution in [1.82, 2.24) is 0 Å². The highest BCUT2D eigenvalue weighted by Gasteiger charge is 2.51. The number of benzene rings is 3. The van der Waals surface area contributed by atoms with Crippen LogP contribution in [0.2, 0.25) is 0 Å². The maximum Gasteiger partial charge on any atom is 0.338 e. The van der Waals surface area contributed by atoms with E-state index in [0.717, 1.165) is 0 Å². The van der Waals surface area contributed by atoms with Crippen LogP contribution in [0.1, 0.15) is 31.1 Å². The number of ether oxygens (including phenoxy) is 4. The lowest BCUT2D eigenvalue weighted by Crippen LogP contribution is -2.60. The summed E-state index contributed by atoms with van der Waals surface area (Å²) in [6, 6.07) is 23.7. The molecule has 1 aliphatic rings. The quantitative estimate of drug-likeness (QED) is 0.394. The normalized spacial score (nSPS) is 23.3. The Balaban J connectivity index is 1.52. The van der Waals surface area contributed by atoms with Crippen LogP contribution in [-0.2, 0) is 18.9 Å². The summed E-state index contributed by atoms with van der Waals surface area (Å²) in [6.07, 6.45) is -8.87. The maximum atomic E-state index is 15.6. The monoisotopic (exact) mass is 494 g/mol. The van der Waals surface area contributed by atoms with Crippen molar-refractivity contribution < 1.29 is 42.8 Å². The summed E-state index contributed by atoms with van der Waals surface area (Å²) in [5, 5.41) is 10.6. The van der Waals surface area contributed by atoms with Crippen molar-refractivity contribution in [3.05, 3.63) is 108 Å². The van der Waals surface area contributed by atoms with E-state index in [0.29, 0.717) is 0 Å². The maximum absolute atomic E-state index is 15.6. The summed E-state index contributed by atoms with van der Waals surface area (Å²) < 4.78 is 36.7. The number of hydrogen-bond acceptors (Lipinski definition) is 8. The van der Waals surface area contributed by atoms with Crippen molar-refractivity contribution >= 4 is 17.9 Å². The van der Waals surface area contributed by atoms with Gasteiger partial charge in [-0.15, -0.1) is 0 Å². The Morgan fingerprint density at radius 3 is 1.58 bits per heavy atom. The van der Waals surface area contributed by atoms with E-state index < -0.39 is 55.3 Å². The molecule has 0 saturated carbocycles. The fraction of sp³-hybridized carbons (Fsp3) is 0.222. The third-order valence-corrected chi connectivity index (χ3v) is 5.48. The zero-order chi connectivity index (χ0) is 25.5. The summed E-state index contributed by atoms with van der Waals surface area (Å²) in [6.45, 7) is -0.579. The summed E-state index contributed by atoms with van der Waals surface area (Å²) in [5.41, 5.74) is 0.518. The molecule has 0 spiro atoms. The van der Waals surface area contributed by atoms with Gasteiger partial charge >= 0.3 is 17.9 Å². The molecule has 5 atom stereocenters. The Morgan fingerprint density at radius 2 is 1.11 bits per heavy atom. The number of esters is 3. The van der Waals surface area contributed by atoms with Gasteiger partial charge in [0.25, 0.3) is 0 Å². The molecule has 0 aliphatic carbocycles. The second-order valence-corrected chi connectivity index (χ2v) is 7.95. The highest BCUT2D eigenvalue weighted by atomic mass is 19.1. The highest BCUT2D eigenvalue weighted by molar-refractivity contribution is 5.90. The lowest BCUT2D eigenvalue weighted by Gasteiger charge is -2.40. The Kier molecular flexibility index (Phi) is 8.04. The average Bonchev–Trinajstić information content (AvgIpc) is 2.92. The molecule has 1 aliphatic heterocycles. The molecule has 1 fully saturated rings. The minimum Gasteiger partial charge on any atom is -0.459 e. The van der Waals surface area contributed by atoms with E-state index in [9.17, 15) is 19.5 Å². The van der Waals surface area contributed by atoms with E-state index in [1.165, 1.54) is 36.4 Å². The minimum atomic E-state index is -2.10. The van der Waals surface area contributed by atoms with Crippen molar-refractivity contribution in [2.24, 2.45) is 0 Å². The van der Waals surface area contributed by atoms with Crippen LogP contribution in [0.3, 0.4) is 0 Å². The van der Waals surface area contributed by atoms with Gasteiger partial charge in [0.2, 0.25) is 0 Å². The van der Waals surface area contributed by atoms with Crippen molar-refractivity contribution in [3.63, 3.8) is 0 Å². The Labute approximate surface area is 206 Å². The number of aliphatic hydroxyl groups is 1. The van der Waals surface area contributed by atoms with Crippen LogP contribution in [0.15, 0.2) is 91.0 Å². The van der Waals surface area contributed by atoms with Crippen LogP contribution in [0.25, 0.3) is 0 Å². The first kappa shape index (κ1) is 25.0. The number of halogens is 1. The van der Waals surface area contributed by atoms with Gasteiger partial charge in [-0.2, -0.15) is 0 Å². The van der Waals surface area contributed by atoms with Gasteiger partial charge in [0.1, 0.15) is 12.7 Å². The number of alkyl halides is 1. The highest BCUT2D eigenvalue weighted by Crippen LogP contribution is 2.29. The number of rotatable bonds is 7. The molecule has 0 amide bonds. The Hall–Kier alpha value is -4.08. The van der Waals surface area contributed by atoms with Crippen molar-refractivity contribution in [3.8, 4) is 0 Å². The van der Waals surface area contributed by atoms with E-state index in [2.05, 4.69) is 0 Å².